The summed E-state index contributed by atoms with van der Waals surface area (Å²) < 4.78 is 79.4. The SMILES string of the molecule is COC[C@H](CC1([SH](=O)(Nc2c(OC)cc(F)c(F)c2N(C)c2ccc(I)cc2F)C2CC2)CC1)OC. The zero-order chi connectivity index (χ0) is 26.3. The molecule has 0 aliphatic heterocycles. The molecule has 1 atom stereocenters. The van der Waals surface area contributed by atoms with Gasteiger partial charge in [0.1, 0.15) is 22.9 Å². The monoisotopic (exact) mass is 640 g/mol. The molecule has 6 nitrogen and oxygen atoms in total. The molecule has 0 aromatic heterocycles. The Kier molecular flexibility index (Phi) is 8.13. The number of nitrogens with zero attached hydrogens (tertiary/aromatic N) is 1. The lowest BCUT2D eigenvalue weighted by Crippen LogP contribution is -2.44. The highest BCUT2D eigenvalue weighted by molar-refractivity contribution is 14.1. The Bertz CT molecular complexity index is 1180. The summed E-state index contributed by atoms with van der Waals surface area (Å²) >= 11 is 1.98. The third-order valence-corrected chi connectivity index (χ3v) is 12.0. The Balaban J connectivity index is 1.81. The van der Waals surface area contributed by atoms with E-state index >= 15 is 4.39 Å². The van der Waals surface area contributed by atoms with E-state index in [1.165, 1.54) is 31.2 Å². The highest BCUT2D eigenvalue weighted by Gasteiger charge is 2.59. The first kappa shape index (κ1) is 27.5. The van der Waals surface area contributed by atoms with Crippen LogP contribution in [0.25, 0.3) is 0 Å². The summed E-state index contributed by atoms with van der Waals surface area (Å²) in [6, 6.07) is 5.41. The molecule has 2 aliphatic carbocycles. The number of hydrogen-bond acceptors (Lipinski definition) is 5. The molecule has 0 bridgehead atoms. The van der Waals surface area contributed by atoms with E-state index < -0.39 is 32.3 Å². The molecule has 11 heteroatoms. The van der Waals surface area contributed by atoms with Gasteiger partial charge in [0, 0.05) is 40.9 Å². The summed E-state index contributed by atoms with van der Waals surface area (Å²) in [4.78, 5) is 1.23. The van der Waals surface area contributed by atoms with Crippen LogP contribution in [-0.4, -0.2) is 55.3 Å². The number of halogens is 4. The Hall–Kier alpha value is -1.57. The van der Waals surface area contributed by atoms with Crippen LogP contribution in [-0.2, 0) is 19.6 Å². The predicted octanol–water partition coefficient (Wildman–Crippen LogP) is 5.58. The quantitative estimate of drug-likeness (QED) is 0.235. The molecule has 200 valence electrons. The summed E-state index contributed by atoms with van der Waals surface area (Å²) in [6.45, 7) is 0.359. The molecular weight excluding hydrogens is 608 g/mol. The minimum absolute atomic E-state index is 0.00136. The van der Waals surface area contributed by atoms with E-state index in [1.807, 2.05) is 22.6 Å². The average Bonchev–Trinajstić information content (AvgIpc) is 3.75. The molecule has 0 spiro atoms. The fourth-order valence-electron chi connectivity index (χ4n) is 4.89. The van der Waals surface area contributed by atoms with Crippen LogP contribution in [0.3, 0.4) is 0 Å². The van der Waals surface area contributed by atoms with Crippen LogP contribution < -0.4 is 14.4 Å². The van der Waals surface area contributed by atoms with Crippen molar-refractivity contribution < 1.29 is 31.6 Å². The maximum absolute atomic E-state index is 15.4. The normalized spacial score (nSPS) is 18.0. The molecule has 36 heavy (non-hydrogen) atoms. The number of anilines is 3. The topological polar surface area (TPSA) is 60.0 Å². The van der Waals surface area contributed by atoms with Crippen molar-refractivity contribution in [3.05, 3.63) is 45.3 Å². The number of thiol groups is 1. The van der Waals surface area contributed by atoms with Crippen LogP contribution in [0.4, 0.5) is 30.2 Å². The molecule has 2 saturated carbocycles. The van der Waals surface area contributed by atoms with Gasteiger partial charge in [-0.1, -0.05) is 0 Å². The molecule has 2 aliphatic rings. The number of ether oxygens (including phenoxy) is 3. The highest BCUT2D eigenvalue weighted by Crippen LogP contribution is 2.58. The minimum Gasteiger partial charge on any atom is -0.494 e. The van der Waals surface area contributed by atoms with Crippen molar-refractivity contribution in [3.63, 3.8) is 0 Å². The first-order chi connectivity index (χ1) is 17.1. The summed E-state index contributed by atoms with van der Waals surface area (Å²) in [5, 5.41) is -0.0916. The Morgan fingerprint density at radius 1 is 1.17 bits per heavy atom. The van der Waals surface area contributed by atoms with Gasteiger partial charge in [-0.15, -0.1) is 0 Å². The standard InChI is InChI=1S/C25H32F3IN2O4S/c1-31(20-8-5-15(29)11-18(20)26)24-22(28)19(27)12-21(35-4)23(24)30-36(32,17-6-7-17)25(9-10-25)13-16(34-3)14-33-2/h5,8,11-12,16-17,36H,6-7,9-10,13-14H2,1-4H3,(H,30,32)/t16-/m0/s1. The molecule has 2 aromatic carbocycles. The van der Waals surface area contributed by atoms with Crippen LogP contribution in [0.15, 0.2) is 24.3 Å². The molecule has 2 fully saturated rings. The lowest BCUT2D eigenvalue weighted by molar-refractivity contribution is 0.0219. The van der Waals surface area contributed by atoms with Gasteiger partial charge in [-0.25, -0.2) is 13.2 Å². The third-order valence-electron chi connectivity index (χ3n) is 7.15. The van der Waals surface area contributed by atoms with Gasteiger partial charge in [0.25, 0.3) is 0 Å². The predicted molar refractivity (Wildman–Crippen MR) is 146 cm³/mol. The van der Waals surface area contributed by atoms with Crippen molar-refractivity contribution in [2.45, 2.75) is 48.2 Å². The smallest absolute Gasteiger partial charge is 0.184 e. The lowest BCUT2D eigenvalue weighted by atomic mass is 10.2. The first-order valence-electron chi connectivity index (χ1n) is 11.8. The van der Waals surface area contributed by atoms with Gasteiger partial charge in [0.2, 0.25) is 0 Å². The van der Waals surface area contributed by atoms with Gasteiger partial charge in [0.05, 0.1) is 25.5 Å². The first-order valence-corrected chi connectivity index (χ1v) is 14.6. The maximum Gasteiger partial charge on any atom is 0.184 e. The Morgan fingerprint density at radius 2 is 1.86 bits per heavy atom. The number of rotatable bonds is 12. The molecule has 0 saturated heterocycles. The summed E-state index contributed by atoms with van der Waals surface area (Å²) in [5.74, 6) is -2.92. The third kappa shape index (κ3) is 5.08. The second-order valence-electron chi connectivity index (χ2n) is 9.50. The minimum atomic E-state index is -3.21. The molecule has 2 aromatic rings. The van der Waals surface area contributed by atoms with E-state index in [4.69, 9.17) is 14.2 Å². The van der Waals surface area contributed by atoms with Crippen molar-refractivity contribution in [2.24, 2.45) is 0 Å². The summed E-state index contributed by atoms with van der Waals surface area (Å²) in [5.41, 5.74) is -0.158. The van der Waals surface area contributed by atoms with Gasteiger partial charge in [-0.05, 0) is 83.0 Å². The largest absolute Gasteiger partial charge is 0.494 e. The molecule has 0 unspecified atom stereocenters. The van der Waals surface area contributed by atoms with Crippen LogP contribution in [0, 0.1) is 21.0 Å². The Labute approximate surface area is 224 Å². The van der Waals surface area contributed by atoms with Gasteiger partial charge >= 0.3 is 0 Å². The van der Waals surface area contributed by atoms with E-state index in [1.54, 1.807) is 20.3 Å². The van der Waals surface area contributed by atoms with Crippen LogP contribution in [0.1, 0.15) is 32.1 Å². The lowest BCUT2D eigenvalue weighted by Gasteiger charge is -2.38. The van der Waals surface area contributed by atoms with E-state index in [-0.39, 0.29) is 34.2 Å². The molecule has 4 rings (SSSR count). The molecule has 1 N–H and O–H groups in total. The van der Waals surface area contributed by atoms with Crippen molar-refractivity contribution in [1.82, 2.24) is 0 Å². The number of benzene rings is 2. The highest BCUT2D eigenvalue weighted by atomic mass is 127. The second-order valence-corrected chi connectivity index (χ2v) is 14.0. The van der Waals surface area contributed by atoms with E-state index in [2.05, 4.69) is 4.72 Å². The van der Waals surface area contributed by atoms with Crippen LogP contribution in [0.2, 0.25) is 0 Å². The molecular formula is C25H32F3IN2O4S. The number of nitrogens with one attached hydrogen (secondary N) is 1. The summed E-state index contributed by atoms with van der Waals surface area (Å²) in [6.07, 6.45) is 3.26. The number of methoxy groups -OCH3 is 3. The van der Waals surface area contributed by atoms with Gasteiger partial charge in [0.15, 0.2) is 11.6 Å². The molecule has 0 heterocycles. The fraction of sp³-hybridized carbons (Fsp3) is 0.520. The number of hydrogen-bond donors (Lipinski definition) is 2. The van der Waals surface area contributed by atoms with Gasteiger partial charge in [-0.3, -0.25) is 4.21 Å². The molecule has 0 amide bonds. The van der Waals surface area contributed by atoms with Crippen molar-refractivity contribution in [2.75, 3.05) is 44.6 Å². The fourth-order valence-corrected chi connectivity index (χ4v) is 9.21. The van der Waals surface area contributed by atoms with E-state index in [0.717, 1.165) is 31.7 Å². The Morgan fingerprint density at radius 3 is 2.39 bits per heavy atom. The van der Waals surface area contributed by atoms with E-state index in [9.17, 15) is 13.0 Å². The van der Waals surface area contributed by atoms with E-state index in [0.29, 0.717) is 16.6 Å². The van der Waals surface area contributed by atoms with Crippen molar-refractivity contribution in [3.8, 4) is 5.75 Å². The summed E-state index contributed by atoms with van der Waals surface area (Å²) in [7, 11) is 2.75. The van der Waals surface area contributed by atoms with Crippen molar-refractivity contribution in [1.29, 1.82) is 0 Å². The van der Waals surface area contributed by atoms with Crippen LogP contribution >= 0.6 is 22.6 Å². The van der Waals surface area contributed by atoms with Crippen molar-refractivity contribution >= 4 is 49.8 Å². The van der Waals surface area contributed by atoms with Gasteiger partial charge in [-0.2, -0.15) is 0 Å². The zero-order valence-electron chi connectivity index (χ0n) is 20.7. The zero-order valence-corrected chi connectivity index (χ0v) is 23.8. The van der Waals surface area contributed by atoms with Crippen LogP contribution in [0.5, 0.6) is 5.75 Å². The second kappa shape index (κ2) is 10.7. The average molecular weight is 641 g/mol. The van der Waals surface area contributed by atoms with Gasteiger partial charge < -0.3 is 23.8 Å². The maximum atomic E-state index is 15.4. The molecule has 0 radical (unpaired) electrons.